The summed E-state index contributed by atoms with van der Waals surface area (Å²) >= 11 is 0. The van der Waals surface area contributed by atoms with E-state index < -0.39 is 0 Å². The summed E-state index contributed by atoms with van der Waals surface area (Å²) in [5.74, 6) is 0. The third-order valence-corrected chi connectivity index (χ3v) is 2.25. The molecule has 0 bridgehead atoms. The fraction of sp³-hybridized carbons (Fsp3) is 1.00. The number of rotatable bonds is 8. The van der Waals surface area contributed by atoms with Crippen molar-refractivity contribution in [3.8, 4) is 0 Å². The quantitative estimate of drug-likeness (QED) is 0.572. The number of nitrogens with one attached hydrogen (secondary N) is 1. The number of aliphatic hydroxyl groups excluding tert-OH is 1. The Hall–Kier alpha value is -0.0800. The maximum atomic E-state index is 9.05. The molecule has 0 fully saturated rings. The molecule has 0 amide bonds. The number of hydrogen-bond acceptors (Lipinski definition) is 2. The molecule has 0 spiro atoms. The van der Waals surface area contributed by atoms with E-state index in [4.69, 9.17) is 5.11 Å². The lowest BCUT2D eigenvalue weighted by Crippen LogP contribution is -2.32. The van der Waals surface area contributed by atoms with Crippen LogP contribution >= 0.6 is 0 Å². The first-order valence-corrected chi connectivity index (χ1v) is 5.58. The van der Waals surface area contributed by atoms with Crippen molar-refractivity contribution in [2.75, 3.05) is 6.54 Å². The second-order valence-corrected chi connectivity index (χ2v) is 4.01. The van der Waals surface area contributed by atoms with Crippen molar-refractivity contribution >= 4 is 0 Å². The molecule has 0 aliphatic rings. The molecule has 0 aliphatic carbocycles. The van der Waals surface area contributed by atoms with Gasteiger partial charge >= 0.3 is 0 Å². The van der Waals surface area contributed by atoms with Crippen LogP contribution in [0.2, 0.25) is 0 Å². The summed E-state index contributed by atoms with van der Waals surface area (Å²) in [5.41, 5.74) is 0. The Morgan fingerprint density at radius 2 is 1.85 bits per heavy atom. The van der Waals surface area contributed by atoms with Crippen molar-refractivity contribution in [3.63, 3.8) is 0 Å². The van der Waals surface area contributed by atoms with Crippen molar-refractivity contribution in [2.45, 2.75) is 65.0 Å². The van der Waals surface area contributed by atoms with Crippen LogP contribution in [0.1, 0.15) is 52.9 Å². The van der Waals surface area contributed by atoms with Gasteiger partial charge in [-0.2, -0.15) is 0 Å². The summed E-state index contributed by atoms with van der Waals surface area (Å²) in [6.07, 6.45) is 6.31. The van der Waals surface area contributed by atoms with Crippen LogP contribution in [0.5, 0.6) is 0 Å². The third kappa shape index (κ3) is 9.84. The van der Waals surface area contributed by atoms with Gasteiger partial charge in [0, 0.05) is 12.6 Å². The predicted molar refractivity (Wildman–Crippen MR) is 57.9 cm³/mol. The van der Waals surface area contributed by atoms with Crippen molar-refractivity contribution in [1.82, 2.24) is 5.32 Å². The molecule has 2 N–H and O–H groups in total. The first kappa shape index (κ1) is 12.9. The average Bonchev–Trinajstić information content (AvgIpc) is 2.09. The third-order valence-electron chi connectivity index (χ3n) is 2.25. The molecular weight excluding hydrogens is 162 g/mol. The van der Waals surface area contributed by atoms with Gasteiger partial charge in [-0.05, 0) is 20.3 Å². The lowest BCUT2D eigenvalue weighted by molar-refractivity contribution is 0.186. The largest absolute Gasteiger partial charge is 0.392 e. The maximum absolute atomic E-state index is 9.05. The first-order valence-electron chi connectivity index (χ1n) is 5.58. The minimum absolute atomic E-state index is 0.224. The van der Waals surface area contributed by atoms with Crippen LogP contribution in [-0.4, -0.2) is 23.8 Å². The van der Waals surface area contributed by atoms with E-state index in [0.29, 0.717) is 6.04 Å². The Balaban J connectivity index is 3.15. The Morgan fingerprint density at radius 3 is 2.38 bits per heavy atom. The van der Waals surface area contributed by atoms with Crippen LogP contribution in [0.25, 0.3) is 0 Å². The molecular formula is C11H25NO. The fourth-order valence-corrected chi connectivity index (χ4v) is 1.35. The van der Waals surface area contributed by atoms with Gasteiger partial charge in [0.25, 0.3) is 0 Å². The fourth-order valence-electron chi connectivity index (χ4n) is 1.35. The van der Waals surface area contributed by atoms with E-state index in [-0.39, 0.29) is 6.10 Å². The SMILES string of the molecule is CCCCCC[C@@H](C)NC[C@@H](C)O. The van der Waals surface area contributed by atoms with Gasteiger partial charge in [0.15, 0.2) is 0 Å². The van der Waals surface area contributed by atoms with E-state index in [0.717, 1.165) is 6.54 Å². The molecule has 0 aliphatic heterocycles. The van der Waals surface area contributed by atoms with E-state index >= 15 is 0 Å². The first-order chi connectivity index (χ1) is 6.16. The lowest BCUT2D eigenvalue weighted by Gasteiger charge is -2.14. The Bertz CT molecular complexity index is 104. The van der Waals surface area contributed by atoms with Gasteiger partial charge in [0.2, 0.25) is 0 Å². The zero-order chi connectivity index (χ0) is 10.1. The summed E-state index contributed by atoms with van der Waals surface area (Å²) in [6, 6.07) is 0.548. The van der Waals surface area contributed by atoms with E-state index in [9.17, 15) is 0 Å². The van der Waals surface area contributed by atoms with Crippen LogP contribution in [0, 0.1) is 0 Å². The molecule has 0 rings (SSSR count). The highest BCUT2D eigenvalue weighted by molar-refractivity contribution is 4.62. The summed E-state index contributed by atoms with van der Waals surface area (Å²) in [5, 5.41) is 12.4. The molecule has 13 heavy (non-hydrogen) atoms. The molecule has 0 aromatic heterocycles. The molecule has 2 heteroatoms. The van der Waals surface area contributed by atoms with E-state index in [1.165, 1.54) is 32.1 Å². The van der Waals surface area contributed by atoms with Crippen LogP contribution in [0.3, 0.4) is 0 Å². The second kappa shape index (κ2) is 8.52. The molecule has 0 heterocycles. The molecule has 0 aromatic carbocycles. The van der Waals surface area contributed by atoms with Crippen LogP contribution in [0.15, 0.2) is 0 Å². The van der Waals surface area contributed by atoms with Crippen molar-refractivity contribution in [1.29, 1.82) is 0 Å². The minimum atomic E-state index is -0.224. The van der Waals surface area contributed by atoms with E-state index in [1.807, 2.05) is 6.92 Å². The van der Waals surface area contributed by atoms with Gasteiger partial charge < -0.3 is 10.4 Å². The Labute approximate surface area is 82.7 Å². The van der Waals surface area contributed by atoms with Gasteiger partial charge in [-0.25, -0.2) is 0 Å². The molecule has 2 atom stereocenters. The normalized spacial score (nSPS) is 15.7. The molecule has 80 valence electrons. The van der Waals surface area contributed by atoms with Gasteiger partial charge in [0.05, 0.1) is 6.10 Å². The van der Waals surface area contributed by atoms with Gasteiger partial charge in [-0.3, -0.25) is 0 Å². The highest BCUT2D eigenvalue weighted by atomic mass is 16.3. The zero-order valence-corrected chi connectivity index (χ0v) is 9.34. The lowest BCUT2D eigenvalue weighted by atomic mass is 10.1. The Kier molecular flexibility index (Phi) is 8.46. The monoisotopic (exact) mass is 187 g/mol. The number of hydrogen-bond donors (Lipinski definition) is 2. The van der Waals surface area contributed by atoms with Crippen molar-refractivity contribution in [3.05, 3.63) is 0 Å². The zero-order valence-electron chi connectivity index (χ0n) is 9.34. The maximum Gasteiger partial charge on any atom is 0.0636 e. The van der Waals surface area contributed by atoms with Crippen LogP contribution in [0.4, 0.5) is 0 Å². The number of aliphatic hydroxyl groups is 1. The highest BCUT2D eigenvalue weighted by Gasteiger charge is 2.02. The molecule has 2 nitrogen and oxygen atoms in total. The summed E-state index contributed by atoms with van der Waals surface area (Å²) in [6.45, 7) is 6.95. The predicted octanol–water partition coefficient (Wildman–Crippen LogP) is 2.32. The second-order valence-electron chi connectivity index (χ2n) is 4.01. The minimum Gasteiger partial charge on any atom is -0.392 e. The standard InChI is InChI=1S/C11H25NO/c1-4-5-6-7-8-10(2)12-9-11(3)13/h10-13H,4-9H2,1-3H3/t10-,11-/m1/s1. The molecule has 0 radical (unpaired) electrons. The summed E-state index contributed by atoms with van der Waals surface area (Å²) < 4.78 is 0. The number of unbranched alkanes of at least 4 members (excludes halogenated alkanes) is 3. The van der Waals surface area contributed by atoms with Gasteiger partial charge in [-0.1, -0.05) is 32.6 Å². The van der Waals surface area contributed by atoms with Crippen LogP contribution in [-0.2, 0) is 0 Å². The Morgan fingerprint density at radius 1 is 1.15 bits per heavy atom. The van der Waals surface area contributed by atoms with Crippen molar-refractivity contribution in [2.24, 2.45) is 0 Å². The highest BCUT2D eigenvalue weighted by Crippen LogP contribution is 2.04. The molecule has 0 unspecified atom stereocenters. The van der Waals surface area contributed by atoms with Gasteiger partial charge in [-0.15, -0.1) is 0 Å². The summed E-state index contributed by atoms with van der Waals surface area (Å²) in [7, 11) is 0. The molecule has 0 saturated carbocycles. The molecule has 0 saturated heterocycles. The van der Waals surface area contributed by atoms with Crippen LogP contribution < -0.4 is 5.32 Å². The van der Waals surface area contributed by atoms with Crippen molar-refractivity contribution < 1.29 is 5.11 Å². The van der Waals surface area contributed by atoms with E-state index in [1.54, 1.807) is 0 Å². The van der Waals surface area contributed by atoms with Gasteiger partial charge in [0.1, 0.15) is 0 Å². The average molecular weight is 187 g/mol. The summed E-state index contributed by atoms with van der Waals surface area (Å²) in [4.78, 5) is 0. The topological polar surface area (TPSA) is 32.3 Å². The smallest absolute Gasteiger partial charge is 0.0636 e. The molecule has 0 aromatic rings. The van der Waals surface area contributed by atoms with E-state index in [2.05, 4.69) is 19.2 Å².